The number of benzene rings is 2. The molecule has 6 nitrogen and oxygen atoms in total. The van der Waals surface area contributed by atoms with Gasteiger partial charge in [0.2, 0.25) is 0 Å². The zero-order valence-corrected chi connectivity index (χ0v) is 18.2. The summed E-state index contributed by atoms with van der Waals surface area (Å²) in [6, 6.07) is 15.8. The van der Waals surface area contributed by atoms with Crippen LogP contribution >= 0.6 is 31.9 Å². The minimum atomic E-state index is -0.406. The summed E-state index contributed by atoms with van der Waals surface area (Å²) in [7, 11) is 0. The molecular weight excluding hydrogens is 490 g/mol. The number of hydrogen-bond acceptors (Lipinski definition) is 4. The molecule has 0 aliphatic rings. The molecule has 1 amide bonds. The first-order chi connectivity index (χ1) is 13.4. The van der Waals surface area contributed by atoms with Crippen molar-refractivity contribution in [1.82, 2.24) is 9.78 Å². The van der Waals surface area contributed by atoms with E-state index in [1.54, 1.807) is 59.3 Å². The van der Waals surface area contributed by atoms with Crippen LogP contribution in [0.2, 0.25) is 0 Å². The van der Waals surface area contributed by atoms with E-state index < -0.39 is 5.97 Å². The molecule has 1 aromatic heterocycles. The van der Waals surface area contributed by atoms with Crippen molar-refractivity contribution in [1.29, 1.82) is 0 Å². The highest BCUT2D eigenvalue weighted by Gasteiger charge is 2.12. The summed E-state index contributed by atoms with van der Waals surface area (Å²) in [5.74, 6) is -0.0950. The largest absolute Gasteiger partial charge is 0.460 e. The number of amides is 1. The van der Waals surface area contributed by atoms with Crippen LogP contribution in [-0.4, -0.2) is 28.3 Å². The maximum absolute atomic E-state index is 12.4. The number of nitrogens with one attached hydrogen (secondary N) is 1. The quantitative estimate of drug-likeness (QED) is 0.486. The lowest BCUT2D eigenvalue weighted by Crippen LogP contribution is -2.18. The van der Waals surface area contributed by atoms with Gasteiger partial charge in [-0.2, -0.15) is 5.10 Å². The monoisotopic (exact) mass is 505 g/mol. The van der Waals surface area contributed by atoms with Gasteiger partial charge in [0.1, 0.15) is 12.4 Å². The van der Waals surface area contributed by atoms with Crippen LogP contribution in [-0.2, 0) is 11.3 Å². The molecule has 0 unspecified atom stereocenters. The number of esters is 1. The van der Waals surface area contributed by atoms with E-state index in [0.29, 0.717) is 23.5 Å². The van der Waals surface area contributed by atoms with Gasteiger partial charge >= 0.3 is 5.97 Å². The second-order valence-electron chi connectivity index (χ2n) is 6.00. The van der Waals surface area contributed by atoms with Gasteiger partial charge in [0, 0.05) is 20.6 Å². The van der Waals surface area contributed by atoms with Crippen LogP contribution in [0.3, 0.4) is 0 Å². The molecular formula is C20H17Br2N3O3. The number of aromatic nitrogens is 2. The van der Waals surface area contributed by atoms with Crippen molar-refractivity contribution in [2.75, 3.05) is 11.9 Å². The van der Waals surface area contributed by atoms with Gasteiger partial charge in [0.25, 0.3) is 5.91 Å². The van der Waals surface area contributed by atoms with Crippen molar-refractivity contribution in [2.24, 2.45) is 0 Å². The van der Waals surface area contributed by atoms with Crippen LogP contribution in [0.4, 0.5) is 5.82 Å². The average Bonchev–Trinajstić information content (AvgIpc) is 3.01. The Bertz CT molecular complexity index is 983. The highest BCUT2D eigenvalue weighted by molar-refractivity contribution is 9.10. The summed E-state index contributed by atoms with van der Waals surface area (Å²) in [5.41, 5.74) is 1.77. The van der Waals surface area contributed by atoms with Gasteiger partial charge in [-0.3, -0.25) is 4.79 Å². The molecule has 0 spiro atoms. The summed E-state index contributed by atoms with van der Waals surface area (Å²) < 4.78 is 8.71. The Kier molecular flexibility index (Phi) is 6.64. The molecule has 0 fully saturated rings. The Morgan fingerprint density at radius 3 is 2.18 bits per heavy atom. The van der Waals surface area contributed by atoms with Gasteiger partial charge in [-0.15, -0.1) is 0 Å². The second-order valence-corrected chi connectivity index (χ2v) is 7.83. The van der Waals surface area contributed by atoms with E-state index in [1.807, 2.05) is 6.92 Å². The van der Waals surface area contributed by atoms with Gasteiger partial charge in [-0.25, -0.2) is 9.48 Å². The first-order valence-corrected chi connectivity index (χ1v) is 10.0. The van der Waals surface area contributed by atoms with Gasteiger partial charge in [-0.05, 0) is 55.5 Å². The average molecular weight is 507 g/mol. The van der Waals surface area contributed by atoms with Crippen molar-refractivity contribution < 1.29 is 14.3 Å². The molecule has 0 saturated carbocycles. The minimum Gasteiger partial charge on any atom is -0.460 e. The highest BCUT2D eigenvalue weighted by Crippen LogP contribution is 2.15. The maximum atomic E-state index is 12.4. The van der Waals surface area contributed by atoms with Gasteiger partial charge in [0.15, 0.2) is 0 Å². The van der Waals surface area contributed by atoms with Gasteiger partial charge in [-0.1, -0.05) is 31.9 Å². The Labute approximate surface area is 179 Å². The molecule has 0 saturated heterocycles. The summed E-state index contributed by atoms with van der Waals surface area (Å²) in [6.07, 6.45) is 0. The molecule has 2 aromatic carbocycles. The predicted octanol–water partition coefficient (Wildman–Crippen LogP) is 4.83. The van der Waals surface area contributed by atoms with Crippen LogP contribution in [0.15, 0.2) is 63.5 Å². The number of carbonyl (C=O) groups excluding carboxylic acids is 2. The fourth-order valence-electron chi connectivity index (χ4n) is 2.50. The minimum absolute atomic E-state index is 0.136. The zero-order valence-electron chi connectivity index (χ0n) is 15.0. The van der Waals surface area contributed by atoms with Crippen molar-refractivity contribution in [3.63, 3.8) is 0 Å². The molecule has 1 N–H and O–H groups in total. The van der Waals surface area contributed by atoms with Crippen molar-refractivity contribution in [2.45, 2.75) is 13.5 Å². The third-order valence-electron chi connectivity index (χ3n) is 3.87. The van der Waals surface area contributed by atoms with E-state index in [0.717, 1.165) is 14.6 Å². The molecule has 3 rings (SSSR count). The lowest BCUT2D eigenvalue weighted by atomic mass is 10.2. The number of carbonyl (C=O) groups is 2. The summed E-state index contributed by atoms with van der Waals surface area (Å²) >= 11 is 6.67. The Hall–Kier alpha value is -2.45. The number of nitrogens with zero attached hydrogens (tertiary/aromatic N) is 2. The first-order valence-electron chi connectivity index (χ1n) is 8.46. The Morgan fingerprint density at radius 2 is 1.57 bits per heavy atom. The second kappa shape index (κ2) is 9.16. The van der Waals surface area contributed by atoms with E-state index in [2.05, 4.69) is 42.3 Å². The van der Waals surface area contributed by atoms with Crippen molar-refractivity contribution >= 4 is 49.6 Å². The number of ether oxygens (including phenoxy) is 1. The van der Waals surface area contributed by atoms with E-state index in [4.69, 9.17) is 4.74 Å². The lowest BCUT2D eigenvalue weighted by Gasteiger charge is -2.10. The fourth-order valence-corrected chi connectivity index (χ4v) is 3.03. The van der Waals surface area contributed by atoms with Crippen LogP contribution < -0.4 is 5.32 Å². The summed E-state index contributed by atoms with van der Waals surface area (Å²) in [4.78, 5) is 24.5. The van der Waals surface area contributed by atoms with Crippen LogP contribution in [0, 0.1) is 6.92 Å². The highest BCUT2D eigenvalue weighted by atomic mass is 79.9. The standard InChI is InChI=1S/C20H17Br2N3O3/c1-13-12-18(23-19(26)14-2-6-16(21)7-3-14)25(24-13)10-11-28-20(27)15-4-8-17(22)9-5-15/h2-9,12H,10-11H2,1H3,(H,23,26). The molecule has 0 radical (unpaired) electrons. The third kappa shape index (κ3) is 5.30. The number of anilines is 1. The van der Waals surface area contributed by atoms with E-state index >= 15 is 0 Å². The van der Waals surface area contributed by atoms with Crippen LogP contribution in [0.1, 0.15) is 26.4 Å². The van der Waals surface area contributed by atoms with Crippen LogP contribution in [0.25, 0.3) is 0 Å². The normalized spacial score (nSPS) is 10.5. The van der Waals surface area contributed by atoms with Crippen molar-refractivity contribution in [3.8, 4) is 0 Å². The van der Waals surface area contributed by atoms with E-state index in [-0.39, 0.29) is 12.5 Å². The molecule has 0 aliphatic heterocycles. The molecule has 8 heteroatoms. The fraction of sp³-hybridized carbons (Fsp3) is 0.150. The van der Waals surface area contributed by atoms with E-state index in [1.165, 1.54) is 0 Å². The Morgan fingerprint density at radius 1 is 1.00 bits per heavy atom. The molecule has 28 heavy (non-hydrogen) atoms. The topological polar surface area (TPSA) is 73.2 Å². The van der Waals surface area contributed by atoms with E-state index in [9.17, 15) is 9.59 Å². The molecule has 1 heterocycles. The van der Waals surface area contributed by atoms with Crippen LogP contribution in [0.5, 0.6) is 0 Å². The molecule has 0 aliphatic carbocycles. The zero-order chi connectivity index (χ0) is 20.1. The number of hydrogen-bond donors (Lipinski definition) is 1. The number of aryl methyl sites for hydroxylation is 1. The third-order valence-corrected chi connectivity index (χ3v) is 4.92. The smallest absolute Gasteiger partial charge is 0.338 e. The predicted molar refractivity (Wildman–Crippen MR) is 113 cm³/mol. The molecule has 144 valence electrons. The number of halogens is 2. The summed E-state index contributed by atoms with van der Waals surface area (Å²) in [6.45, 7) is 2.29. The van der Waals surface area contributed by atoms with Gasteiger partial charge < -0.3 is 10.1 Å². The molecule has 0 atom stereocenters. The number of rotatable bonds is 6. The summed E-state index contributed by atoms with van der Waals surface area (Å²) in [5, 5.41) is 7.19. The molecule has 0 bridgehead atoms. The van der Waals surface area contributed by atoms with Crippen molar-refractivity contribution in [3.05, 3.63) is 80.4 Å². The first kappa shape index (κ1) is 20.3. The Balaban J connectivity index is 1.60. The van der Waals surface area contributed by atoms with Gasteiger partial charge in [0.05, 0.1) is 17.8 Å². The maximum Gasteiger partial charge on any atom is 0.338 e. The molecule has 3 aromatic rings. The lowest BCUT2D eigenvalue weighted by molar-refractivity contribution is 0.0488. The SMILES string of the molecule is Cc1cc(NC(=O)c2ccc(Br)cc2)n(CCOC(=O)c2ccc(Br)cc2)n1.